The lowest BCUT2D eigenvalue weighted by Gasteiger charge is -2.26. The Hall–Kier alpha value is -0.820. The van der Waals surface area contributed by atoms with Crippen molar-refractivity contribution in [2.75, 3.05) is 39.3 Å². The Morgan fingerprint density at radius 2 is 1.67 bits per heavy atom. The summed E-state index contributed by atoms with van der Waals surface area (Å²) in [5, 5.41) is 0. The van der Waals surface area contributed by atoms with E-state index in [4.69, 9.17) is 5.73 Å². The first-order chi connectivity index (χ1) is 8.34. The van der Waals surface area contributed by atoms with E-state index in [2.05, 4.69) is 0 Å². The number of carbonyl (C=O) groups is 1. The van der Waals surface area contributed by atoms with Crippen LogP contribution in [0.5, 0.6) is 0 Å². The molecular formula is C11H22F3N3O. The van der Waals surface area contributed by atoms with E-state index in [1.807, 2.05) is 18.7 Å². The van der Waals surface area contributed by atoms with Gasteiger partial charge in [-0.3, -0.25) is 4.79 Å². The number of hydrogen-bond acceptors (Lipinski definition) is 3. The molecule has 0 unspecified atom stereocenters. The molecule has 0 saturated heterocycles. The third-order valence-electron chi connectivity index (χ3n) is 2.77. The predicted molar refractivity (Wildman–Crippen MR) is 64.1 cm³/mol. The molecule has 18 heavy (non-hydrogen) atoms. The molecule has 0 spiro atoms. The Morgan fingerprint density at radius 1 is 1.11 bits per heavy atom. The zero-order valence-corrected chi connectivity index (χ0v) is 11.0. The molecule has 0 aromatic carbocycles. The monoisotopic (exact) mass is 269 g/mol. The van der Waals surface area contributed by atoms with Crippen LogP contribution in [0.3, 0.4) is 0 Å². The number of hydrogen-bond donors (Lipinski definition) is 1. The number of likely N-dealkylation sites (N-methyl/N-ethyl adjacent to an activating group) is 1. The van der Waals surface area contributed by atoms with Crippen LogP contribution in [-0.4, -0.2) is 61.2 Å². The van der Waals surface area contributed by atoms with E-state index in [9.17, 15) is 18.0 Å². The summed E-state index contributed by atoms with van der Waals surface area (Å²) in [5.41, 5.74) is 5.20. The van der Waals surface area contributed by atoms with Gasteiger partial charge in [0.05, 0.1) is 13.0 Å². The summed E-state index contributed by atoms with van der Waals surface area (Å²) in [6, 6.07) is 0. The molecule has 0 heterocycles. The Kier molecular flexibility index (Phi) is 7.93. The van der Waals surface area contributed by atoms with Crippen LogP contribution >= 0.6 is 0 Å². The van der Waals surface area contributed by atoms with Crippen molar-refractivity contribution in [1.29, 1.82) is 0 Å². The fourth-order valence-electron chi connectivity index (χ4n) is 1.55. The molecule has 0 radical (unpaired) electrons. The fourth-order valence-corrected chi connectivity index (χ4v) is 1.55. The van der Waals surface area contributed by atoms with Crippen LogP contribution in [0.25, 0.3) is 0 Å². The second-order valence-electron chi connectivity index (χ2n) is 3.98. The summed E-state index contributed by atoms with van der Waals surface area (Å²) in [6.07, 6.45) is -5.24. The number of nitrogens with zero attached hydrogens (tertiary/aromatic N) is 2. The minimum atomic E-state index is -4.25. The summed E-state index contributed by atoms with van der Waals surface area (Å²) in [6.45, 7) is 5.82. The SMILES string of the molecule is CCN(CC)CCN(CCC(F)(F)F)C(=O)CN. The molecule has 0 saturated carbocycles. The first-order valence-electron chi connectivity index (χ1n) is 6.11. The van der Waals surface area contributed by atoms with Crippen molar-refractivity contribution in [2.45, 2.75) is 26.4 Å². The van der Waals surface area contributed by atoms with Gasteiger partial charge in [-0.1, -0.05) is 13.8 Å². The average molecular weight is 269 g/mol. The molecule has 0 aliphatic carbocycles. The predicted octanol–water partition coefficient (Wildman–Crippen LogP) is 1.07. The van der Waals surface area contributed by atoms with Gasteiger partial charge in [-0.2, -0.15) is 13.2 Å². The zero-order valence-electron chi connectivity index (χ0n) is 11.0. The van der Waals surface area contributed by atoms with Gasteiger partial charge >= 0.3 is 6.18 Å². The normalized spacial score (nSPS) is 11.9. The van der Waals surface area contributed by atoms with Crippen molar-refractivity contribution in [1.82, 2.24) is 9.80 Å². The number of alkyl halides is 3. The van der Waals surface area contributed by atoms with E-state index >= 15 is 0 Å². The summed E-state index contributed by atoms with van der Waals surface area (Å²) < 4.78 is 36.4. The highest BCUT2D eigenvalue weighted by molar-refractivity contribution is 5.78. The van der Waals surface area contributed by atoms with Crippen molar-refractivity contribution in [3.63, 3.8) is 0 Å². The molecule has 108 valence electrons. The summed E-state index contributed by atoms with van der Waals surface area (Å²) >= 11 is 0. The van der Waals surface area contributed by atoms with Gasteiger partial charge in [-0.25, -0.2) is 0 Å². The minimum Gasteiger partial charge on any atom is -0.340 e. The minimum absolute atomic E-state index is 0.254. The second kappa shape index (κ2) is 8.31. The quantitative estimate of drug-likeness (QED) is 0.717. The number of carbonyl (C=O) groups excluding carboxylic acids is 1. The first kappa shape index (κ1) is 17.2. The highest BCUT2D eigenvalue weighted by Crippen LogP contribution is 2.19. The van der Waals surface area contributed by atoms with Crippen LogP contribution in [-0.2, 0) is 4.79 Å². The first-order valence-corrected chi connectivity index (χ1v) is 6.11. The van der Waals surface area contributed by atoms with E-state index in [1.54, 1.807) is 0 Å². The van der Waals surface area contributed by atoms with Gasteiger partial charge < -0.3 is 15.5 Å². The van der Waals surface area contributed by atoms with Crippen molar-refractivity contribution < 1.29 is 18.0 Å². The molecule has 0 aliphatic heterocycles. The van der Waals surface area contributed by atoms with Crippen LogP contribution in [0.1, 0.15) is 20.3 Å². The molecule has 7 heteroatoms. The van der Waals surface area contributed by atoms with E-state index in [0.717, 1.165) is 13.1 Å². The van der Waals surface area contributed by atoms with Crippen LogP contribution in [0.15, 0.2) is 0 Å². The molecule has 0 bridgehead atoms. The van der Waals surface area contributed by atoms with Gasteiger partial charge in [0.25, 0.3) is 0 Å². The van der Waals surface area contributed by atoms with Gasteiger partial charge in [0.1, 0.15) is 0 Å². The standard InChI is InChI=1S/C11H22F3N3O/c1-3-16(4-2)7-8-17(10(18)9-15)6-5-11(12,13)14/h3-9,15H2,1-2H3. The van der Waals surface area contributed by atoms with Crippen molar-refractivity contribution in [3.05, 3.63) is 0 Å². The van der Waals surface area contributed by atoms with Crippen LogP contribution in [0.2, 0.25) is 0 Å². The Balaban J connectivity index is 4.28. The van der Waals surface area contributed by atoms with Crippen molar-refractivity contribution in [2.24, 2.45) is 5.73 Å². The summed E-state index contributed by atoms with van der Waals surface area (Å²) in [5.74, 6) is -0.439. The lowest BCUT2D eigenvalue weighted by atomic mass is 10.3. The molecule has 2 N–H and O–H groups in total. The number of halogens is 3. The zero-order chi connectivity index (χ0) is 14.2. The van der Waals surface area contributed by atoms with Crippen molar-refractivity contribution in [3.8, 4) is 0 Å². The molecule has 0 rings (SSSR count). The molecule has 0 atom stereocenters. The van der Waals surface area contributed by atoms with Crippen LogP contribution < -0.4 is 5.73 Å². The van der Waals surface area contributed by atoms with Gasteiger partial charge in [0.2, 0.25) is 5.91 Å². The third-order valence-corrected chi connectivity index (χ3v) is 2.77. The maximum atomic E-state index is 12.1. The Bertz CT molecular complexity index is 242. The third kappa shape index (κ3) is 7.50. The molecule has 0 aromatic heterocycles. The van der Waals surface area contributed by atoms with Crippen LogP contribution in [0.4, 0.5) is 13.2 Å². The molecular weight excluding hydrogens is 247 g/mol. The van der Waals surface area contributed by atoms with Gasteiger partial charge in [-0.15, -0.1) is 0 Å². The van der Waals surface area contributed by atoms with Gasteiger partial charge in [-0.05, 0) is 13.1 Å². The topological polar surface area (TPSA) is 49.6 Å². The van der Waals surface area contributed by atoms with Gasteiger partial charge in [0, 0.05) is 19.6 Å². The summed E-state index contributed by atoms with van der Waals surface area (Å²) in [7, 11) is 0. The lowest BCUT2D eigenvalue weighted by Crippen LogP contribution is -2.42. The highest BCUT2D eigenvalue weighted by atomic mass is 19.4. The maximum absolute atomic E-state index is 12.1. The molecule has 0 fully saturated rings. The van der Waals surface area contributed by atoms with Gasteiger partial charge in [0.15, 0.2) is 0 Å². The molecule has 4 nitrogen and oxygen atoms in total. The Morgan fingerprint density at radius 3 is 2.06 bits per heavy atom. The number of rotatable bonds is 8. The lowest BCUT2D eigenvalue weighted by molar-refractivity contribution is -0.144. The van der Waals surface area contributed by atoms with Crippen LogP contribution in [0, 0.1) is 0 Å². The number of amides is 1. The largest absolute Gasteiger partial charge is 0.390 e. The second-order valence-corrected chi connectivity index (χ2v) is 3.98. The smallest absolute Gasteiger partial charge is 0.340 e. The van der Waals surface area contributed by atoms with Crippen molar-refractivity contribution >= 4 is 5.91 Å². The fraction of sp³-hybridized carbons (Fsp3) is 0.909. The molecule has 0 aliphatic rings. The molecule has 1 amide bonds. The maximum Gasteiger partial charge on any atom is 0.390 e. The van der Waals surface area contributed by atoms with E-state index in [0.29, 0.717) is 6.54 Å². The van der Waals surface area contributed by atoms with E-state index in [1.165, 1.54) is 4.90 Å². The summed E-state index contributed by atoms with van der Waals surface area (Å²) in [4.78, 5) is 14.7. The highest BCUT2D eigenvalue weighted by Gasteiger charge is 2.28. The average Bonchev–Trinajstić information content (AvgIpc) is 2.31. The van der Waals surface area contributed by atoms with E-state index < -0.39 is 18.5 Å². The van der Waals surface area contributed by atoms with E-state index in [-0.39, 0.29) is 19.6 Å². The molecule has 0 aromatic rings. The Labute approximate surface area is 106 Å². The number of nitrogens with two attached hydrogens (primary N) is 1.